The molecular formula is C15H23NO3. The number of ether oxygens (including phenoxy) is 2. The van der Waals surface area contributed by atoms with E-state index in [0.29, 0.717) is 12.2 Å². The van der Waals surface area contributed by atoms with Crippen LogP contribution >= 0.6 is 0 Å². The van der Waals surface area contributed by atoms with Gasteiger partial charge >= 0.3 is 0 Å². The zero-order chi connectivity index (χ0) is 14.3. The molecule has 0 heterocycles. The van der Waals surface area contributed by atoms with E-state index in [4.69, 9.17) is 9.47 Å². The van der Waals surface area contributed by atoms with Crippen LogP contribution in [0.1, 0.15) is 42.6 Å². The standard InChI is InChI=1S/C15H23NO3/c1-5-6-11(2)16-15(17)12-7-8-14(19-4)13(9-12)10-18-3/h7-9,11H,5-6,10H2,1-4H3,(H,16,17)/t11-/m1/s1. The van der Waals surface area contributed by atoms with Crippen LogP contribution in [0.15, 0.2) is 18.2 Å². The maximum absolute atomic E-state index is 12.1. The highest BCUT2D eigenvalue weighted by Crippen LogP contribution is 2.20. The van der Waals surface area contributed by atoms with E-state index in [2.05, 4.69) is 12.2 Å². The molecule has 0 unspecified atom stereocenters. The first-order chi connectivity index (χ1) is 9.12. The van der Waals surface area contributed by atoms with Crippen LogP contribution in [-0.2, 0) is 11.3 Å². The van der Waals surface area contributed by atoms with E-state index in [0.717, 1.165) is 24.2 Å². The Balaban J connectivity index is 2.82. The van der Waals surface area contributed by atoms with Gasteiger partial charge in [-0.15, -0.1) is 0 Å². The third kappa shape index (κ3) is 4.56. The molecule has 0 bridgehead atoms. The van der Waals surface area contributed by atoms with Gasteiger partial charge in [0.25, 0.3) is 5.91 Å². The van der Waals surface area contributed by atoms with Crippen molar-refractivity contribution >= 4 is 5.91 Å². The van der Waals surface area contributed by atoms with Gasteiger partial charge in [0.05, 0.1) is 13.7 Å². The number of methoxy groups -OCH3 is 2. The molecule has 4 heteroatoms. The van der Waals surface area contributed by atoms with Crippen LogP contribution in [0.3, 0.4) is 0 Å². The number of hydrogen-bond acceptors (Lipinski definition) is 3. The lowest BCUT2D eigenvalue weighted by atomic mass is 10.1. The number of benzene rings is 1. The largest absolute Gasteiger partial charge is 0.496 e. The molecule has 0 spiro atoms. The van der Waals surface area contributed by atoms with E-state index in [9.17, 15) is 4.79 Å². The lowest BCUT2D eigenvalue weighted by Crippen LogP contribution is -2.32. The zero-order valence-electron chi connectivity index (χ0n) is 12.2. The Morgan fingerprint density at radius 2 is 2.11 bits per heavy atom. The van der Waals surface area contributed by atoms with Crippen LogP contribution in [0, 0.1) is 0 Å². The Hall–Kier alpha value is -1.55. The second-order valence-corrected chi connectivity index (χ2v) is 4.62. The van der Waals surface area contributed by atoms with Crippen molar-refractivity contribution in [1.29, 1.82) is 0 Å². The summed E-state index contributed by atoms with van der Waals surface area (Å²) < 4.78 is 10.4. The summed E-state index contributed by atoms with van der Waals surface area (Å²) in [4.78, 5) is 12.1. The molecule has 4 nitrogen and oxygen atoms in total. The Kier molecular flexibility index (Phi) is 6.36. The van der Waals surface area contributed by atoms with E-state index < -0.39 is 0 Å². The van der Waals surface area contributed by atoms with Gasteiger partial charge < -0.3 is 14.8 Å². The highest BCUT2D eigenvalue weighted by atomic mass is 16.5. The topological polar surface area (TPSA) is 47.6 Å². The molecule has 0 aromatic heterocycles. The van der Waals surface area contributed by atoms with Gasteiger partial charge in [0.2, 0.25) is 0 Å². The third-order valence-corrected chi connectivity index (χ3v) is 2.94. The molecule has 1 amide bonds. The summed E-state index contributed by atoms with van der Waals surface area (Å²) in [5.41, 5.74) is 1.51. The number of hydrogen-bond donors (Lipinski definition) is 1. The zero-order valence-corrected chi connectivity index (χ0v) is 12.2. The number of carbonyl (C=O) groups excluding carboxylic acids is 1. The number of rotatable bonds is 7. The molecule has 0 aliphatic carbocycles. The van der Waals surface area contributed by atoms with E-state index >= 15 is 0 Å². The summed E-state index contributed by atoms with van der Waals surface area (Å²) in [6.07, 6.45) is 2.03. The van der Waals surface area contributed by atoms with Gasteiger partial charge in [0.1, 0.15) is 5.75 Å². The lowest BCUT2D eigenvalue weighted by Gasteiger charge is -2.14. The van der Waals surface area contributed by atoms with Crippen molar-refractivity contribution in [2.75, 3.05) is 14.2 Å². The Morgan fingerprint density at radius 3 is 2.68 bits per heavy atom. The summed E-state index contributed by atoms with van der Waals surface area (Å²) in [5.74, 6) is 0.681. The second-order valence-electron chi connectivity index (χ2n) is 4.62. The highest BCUT2D eigenvalue weighted by Gasteiger charge is 2.12. The van der Waals surface area contributed by atoms with Gasteiger partial charge in [0.15, 0.2) is 0 Å². The minimum atomic E-state index is -0.0547. The Labute approximate surface area is 115 Å². The predicted octanol–water partition coefficient (Wildman–Crippen LogP) is 2.76. The summed E-state index contributed by atoms with van der Waals surface area (Å²) in [7, 11) is 3.23. The number of nitrogens with one attached hydrogen (secondary N) is 1. The van der Waals surface area contributed by atoms with Crippen molar-refractivity contribution in [2.45, 2.75) is 39.3 Å². The van der Waals surface area contributed by atoms with Crippen LogP contribution in [0.4, 0.5) is 0 Å². The average molecular weight is 265 g/mol. The fourth-order valence-corrected chi connectivity index (χ4v) is 2.00. The smallest absolute Gasteiger partial charge is 0.251 e. The molecule has 1 aromatic rings. The van der Waals surface area contributed by atoms with Gasteiger partial charge in [-0.25, -0.2) is 0 Å². The van der Waals surface area contributed by atoms with Crippen LogP contribution in [0.5, 0.6) is 5.75 Å². The third-order valence-electron chi connectivity index (χ3n) is 2.94. The van der Waals surface area contributed by atoms with Gasteiger partial charge in [-0.1, -0.05) is 13.3 Å². The lowest BCUT2D eigenvalue weighted by molar-refractivity contribution is 0.0938. The molecule has 1 aromatic carbocycles. The SMILES string of the molecule is CCC[C@@H](C)NC(=O)c1ccc(OC)c(COC)c1. The van der Waals surface area contributed by atoms with Gasteiger partial charge in [-0.3, -0.25) is 4.79 Å². The van der Waals surface area contributed by atoms with Crippen LogP contribution < -0.4 is 10.1 Å². The predicted molar refractivity (Wildman–Crippen MR) is 75.5 cm³/mol. The molecule has 0 aliphatic heterocycles. The van der Waals surface area contributed by atoms with Crippen LogP contribution in [0.25, 0.3) is 0 Å². The molecule has 0 saturated heterocycles. The van der Waals surface area contributed by atoms with E-state index in [1.165, 1.54) is 0 Å². The number of amides is 1. The molecule has 1 rings (SSSR count). The molecule has 1 N–H and O–H groups in total. The van der Waals surface area contributed by atoms with Gasteiger partial charge in [-0.05, 0) is 31.5 Å². The van der Waals surface area contributed by atoms with Crippen LogP contribution in [0.2, 0.25) is 0 Å². The van der Waals surface area contributed by atoms with Crippen molar-refractivity contribution in [2.24, 2.45) is 0 Å². The van der Waals surface area contributed by atoms with Crippen molar-refractivity contribution in [3.05, 3.63) is 29.3 Å². The summed E-state index contributed by atoms with van der Waals surface area (Å²) in [5, 5.41) is 2.98. The van der Waals surface area contributed by atoms with Gasteiger partial charge in [0, 0.05) is 24.3 Å². The molecule has 19 heavy (non-hydrogen) atoms. The van der Waals surface area contributed by atoms with Crippen molar-refractivity contribution in [3.8, 4) is 5.75 Å². The average Bonchev–Trinajstić information content (AvgIpc) is 2.39. The first-order valence-corrected chi connectivity index (χ1v) is 6.59. The molecule has 0 radical (unpaired) electrons. The molecule has 1 atom stereocenters. The van der Waals surface area contributed by atoms with Crippen molar-refractivity contribution in [3.63, 3.8) is 0 Å². The molecule has 0 aliphatic rings. The monoisotopic (exact) mass is 265 g/mol. The number of carbonyl (C=O) groups is 1. The highest BCUT2D eigenvalue weighted by molar-refractivity contribution is 5.94. The van der Waals surface area contributed by atoms with E-state index in [1.807, 2.05) is 13.0 Å². The van der Waals surface area contributed by atoms with Gasteiger partial charge in [-0.2, -0.15) is 0 Å². The fourth-order valence-electron chi connectivity index (χ4n) is 2.00. The van der Waals surface area contributed by atoms with Crippen LogP contribution in [-0.4, -0.2) is 26.2 Å². The molecule has 106 valence electrons. The fraction of sp³-hybridized carbons (Fsp3) is 0.533. The van der Waals surface area contributed by atoms with Crippen molar-refractivity contribution in [1.82, 2.24) is 5.32 Å². The first kappa shape index (κ1) is 15.5. The normalized spacial score (nSPS) is 12.0. The molecule has 0 saturated carbocycles. The maximum Gasteiger partial charge on any atom is 0.251 e. The maximum atomic E-state index is 12.1. The summed E-state index contributed by atoms with van der Waals surface area (Å²) >= 11 is 0. The first-order valence-electron chi connectivity index (χ1n) is 6.59. The minimum absolute atomic E-state index is 0.0547. The van der Waals surface area contributed by atoms with E-state index in [1.54, 1.807) is 26.4 Å². The molecule has 0 fully saturated rings. The van der Waals surface area contributed by atoms with E-state index in [-0.39, 0.29) is 11.9 Å². The second kappa shape index (κ2) is 7.79. The quantitative estimate of drug-likeness (QED) is 0.824. The minimum Gasteiger partial charge on any atom is -0.496 e. The Morgan fingerprint density at radius 1 is 1.37 bits per heavy atom. The van der Waals surface area contributed by atoms with Crippen molar-refractivity contribution < 1.29 is 14.3 Å². The summed E-state index contributed by atoms with van der Waals surface area (Å²) in [6, 6.07) is 5.57. The molecular weight excluding hydrogens is 242 g/mol. The Bertz CT molecular complexity index is 418. The summed E-state index contributed by atoms with van der Waals surface area (Å²) in [6.45, 7) is 4.54.